The first-order valence-electron chi connectivity index (χ1n) is 5.84. The maximum atomic E-state index is 10.9. The van der Waals surface area contributed by atoms with Crippen molar-refractivity contribution >= 4 is 28.2 Å². The van der Waals surface area contributed by atoms with Crippen molar-refractivity contribution in [3.8, 4) is 5.75 Å². The van der Waals surface area contributed by atoms with E-state index < -0.39 is 4.92 Å². The molecule has 1 unspecified atom stereocenters. The van der Waals surface area contributed by atoms with Gasteiger partial charge < -0.3 is 4.74 Å². The zero-order valence-electron chi connectivity index (χ0n) is 10.4. The number of nitro benzene ring substituents is 1. The van der Waals surface area contributed by atoms with E-state index >= 15 is 0 Å². The Hall–Kier alpha value is -1.88. The molecule has 1 aromatic carbocycles. The van der Waals surface area contributed by atoms with Crippen LogP contribution in [-0.2, 0) is 0 Å². The van der Waals surface area contributed by atoms with Crippen molar-refractivity contribution in [3.63, 3.8) is 0 Å². The van der Waals surface area contributed by atoms with Crippen LogP contribution in [0.3, 0.4) is 0 Å². The number of benzene rings is 1. The van der Waals surface area contributed by atoms with E-state index in [0.717, 1.165) is 0 Å². The second-order valence-electron chi connectivity index (χ2n) is 4.31. The molecule has 0 aliphatic heterocycles. The molecular weight excluding hydrogens is 268 g/mol. The summed E-state index contributed by atoms with van der Waals surface area (Å²) < 4.78 is 5.66. The lowest BCUT2D eigenvalue weighted by Gasteiger charge is -2.12. The van der Waals surface area contributed by atoms with Crippen molar-refractivity contribution in [1.82, 2.24) is 4.98 Å². The largest absolute Gasteiger partial charge is 0.493 e. The summed E-state index contributed by atoms with van der Waals surface area (Å²) in [6.45, 7) is 2.43. The van der Waals surface area contributed by atoms with E-state index in [1.807, 2.05) is 6.92 Å². The Kier molecular flexibility index (Phi) is 4.16. The van der Waals surface area contributed by atoms with Crippen LogP contribution in [-0.4, -0.2) is 22.4 Å². The highest BCUT2D eigenvalue weighted by Gasteiger charge is 2.16. The number of fused-ring (bicyclic) bond motifs is 1. The minimum Gasteiger partial charge on any atom is -0.493 e. The van der Waals surface area contributed by atoms with E-state index in [9.17, 15) is 10.1 Å². The molecule has 0 spiro atoms. The highest BCUT2D eigenvalue weighted by atomic mass is 35.5. The molecule has 0 aliphatic rings. The van der Waals surface area contributed by atoms with Crippen molar-refractivity contribution < 1.29 is 9.66 Å². The Balaban J connectivity index is 2.41. The molecule has 0 amide bonds. The first kappa shape index (κ1) is 13.5. The number of pyridine rings is 1. The second-order valence-corrected chi connectivity index (χ2v) is 4.62. The second kappa shape index (κ2) is 5.84. The number of aromatic nitrogens is 1. The quantitative estimate of drug-likeness (QED) is 0.478. The molecule has 2 aromatic rings. The summed E-state index contributed by atoms with van der Waals surface area (Å²) in [6.07, 6.45) is 1.53. The standard InChI is InChI=1S/C13H13ClN2O3/c1-9(7-14)8-19-12-5-4-11(16(17)18)13-10(12)3-2-6-15-13/h2-6,9H,7-8H2,1H3. The monoisotopic (exact) mass is 280 g/mol. The van der Waals surface area contributed by atoms with Crippen LogP contribution >= 0.6 is 11.6 Å². The molecular formula is C13H13ClN2O3. The SMILES string of the molecule is CC(CCl)COc1ccc([N+](=O)[O-])c2ncccc12. The molecule has 0 saturated heterocycles. The maximum absolute atomic E-state index is 10.9. The number of non-ortho nitro benzene ring substituents is 1. The van der Waals surface area contributed by atoms with E-state index in [0.29, 0.717) is 29.1 Å². The van der Waals surface area contributed by atoms with Crippen molar-refractivity contribution in [1.29, 1.82) is 0 Å². The van der Waals surface area contributed by atoms with Crippen molar-refractivity contribution in [2.45, 2.75) is 6.92 Å². The van der Waals surface area contributed by atoms with Gasteiger partial charge in [0.25, 0.3) is 5.69 Å². The molecule has 5 nitrogen and oxygen atoms in total. The van der Waals surface area contributed by atoms with Gasteiger partial charge in [0.1, 0.15) is 5.75 Å². The lowest BCUT2D eigenvalue weighted by Crippen LogP contribution is -2.10. The van der Waals surface area contributed by atoms with Gasteiger partial charge in [-0.1, -0.05) is 6.92 Å². The van der Waals surface area contributed by atoms with E-state index in [-0.39, 0.29) is 11.6 Å². The molecule has 6 heteroatoms. The van der Waals surface area contributed by atoms with Crippen LogP contribution in [0.25, 0.3) is 10.9 Å². The Morgan fingerprint density at radius 1 is 1.47 bits per heavy atom. The third kappa shape index (κ3) is 2.93. The number of alkyl halides is 1. The Morgan fingerprint density at radius 2 is 2.26 bits per heavy atom. The number of nitro groups is 1. The topological polar surface area (TPSA) is 65.3 Å². The minimum atomic E-state index is -0.444. The molecule has 0 radical (unpaired) electrons. The van der Waals surface area contributed by atoms with Crippen molar-refractivity contribution in [3.05, 3.63) is 40.6 Å². The van der Waals surface area contributed by atoms with Crippen LogP contribution in [0, 0.1) is 16.0 Å². The zero-order chi connectivity index (χ0) is 13.8. The van der Waals surface area contributed by atoms with Gasteiger partial charge in [-0.05, 0) is 18.2 Å². The normalized spacial score (nSPS) is 12.3. The predicted molar refractivity (Wildman–Crippen MR) is 73.8 cm³/mol. The van der Waals surface area contributed by atoms with Gasteiger partial charge >= 0.3 is 0 Å². The summed E-state index contributed by atoms with van der Waals surface area (Å²) in [4.78, 5) is 14.6. The van der Waals surface area contributed by atoms with Crippen molar-refractivity contribution in [2.24, 2.45) is 5.92 Å². The number of hydrogen-bond donors (Lipinski definition) is 0. The van der Waals surface area contributed by atoms with Gasteiger partial charge in [-0.3, -0.25) is 10.1 Å². The average Bonchev–Trinajstić information content (AvgIpc) is 2.43. The number of ether oxygens (including phenoxy) is 1. The molecule has 0 bridgehead atoms. The maximum Gasteiger partial charge on any atom is 0.295 e. The molecule has 2 rings (SSSR count). The number of rotatable bonds is 5. The van der Waals surface area contributed by atoms with Gasteiger partial charge in [0.05, 0.1) is 11.5 Å². The lowest BCUT2D eigenvalue weighted by molar-refractivity contribution is -0.383. The Labute approximate surface area is 115 Å². The first-order chi connectivity index (χ1) is 9.13. The minimum absolute atomic E-state index is 0.0201. The predicted octanol–water partition coefficient (Wildman–Crippen LogP) is 3.40. The van der Waals surface area contributed by atoms with Gasteiger partial charge in [0, 0.05) is 29.4 Å². The molecule has 19 heavy (non-hydrogen) atoms. The highest BCUT2D eigenvalue weighted by Crippen LogP contribution is 2.31. The fourth-order valence-electron chi connectivity index (χ4n) is 1.68. The molecule has 1 heterocycles. The fourth-order valence-corrected chi connectivity index (χ4v) is 1.77. The van der Waals surface area contributed by atoms with E-state index in [1.165, 1.54) is 12.3 Å². The van der Waals surface area contributed by atoms with Gasteiger partial charge in [-0.25, -0.2) is 4.98 Å². The van der Waals surface area contributed by atoms with Crippen LogP contribution < -0.4 is 4.74 Å². The Morgan fingerprint density at radius 3 is 2.95 bits per heavy atom. The third-order valence-corrected chi connectivity index (χ3v) is 3.22. The van der Waals surface area contributed by atoms with Crippen molar-refractivity contribution in [2.75, 3.05) is 12.5 Å². The summed E-state index contributed by atoms with van der Waals surface area (Å²) in [7, 11) is 0. The van der Waals surface area contributed by atoms with E-state index in [4.69, 9.17) is 16.3 Å². The molecule has 0 aliphatic carbocycles. The molecule has 1 aromatic heterocycles. The summed E-state index contributed by atoms with van der Waals surface area (Å²) in [5, 5.41) is 11.6. The van der Waals surface area contributed by atoms with Crippen LogP contribution in [0.1, 0.15) is 6.92 Å². The number of hydrogen-bond acceptors (Lipinski definition) is 4. The highest BCUT2D eigenvalue weighted by molar-refractivity contribution is 6.18. The molecule has 0 saturated carbocycles. The summed E-state index contributed by atoms with van der Waals surface area (Å²) in [6, 6.07) is 6.50. The summed E-state index contributed by atoms with van der Waals surface area (Å²) in [5.74, 6) is 1.30. The fraction of sp³-hybridized carbons (Fsp3) is 0.308. The molecule has 100 valence electrons. The number of nitrogens with zero attached hydrogens (tertiary/aromatic N) is 2. The summed E-state index contributed by atoms with van der Waals surface area (Å²) in [5.41, 5.74) is 0.317. The first-order valence-corrected chi connectivity index (χ1v) is 6.38. The Bertz CT molecular complexity index is 603. The molecule has 0 N–H and O–H groups in total. The smallest absolute Gasteiger partial charge is 0.295 e. The molecule has 0 fully saturated rings. The zero-order valence-corrected chi connectivity index (χ0v) is 11.1. The van der Waals surface area contributed by atoms with Crippen LogP contribution in [0.5, 0.6) is 5.75 Å². The van der Waals surface area contributed by atoms with Gasteiger partial charge in [0.2, 0.25) is 0 Å². The van der Waals surface area contributed by atoms with Crippen LogP contribution in [0.2, 0.25) is 0 Å². The average molecular weight is 281 g/mol. The number of halogens is 1. The third-order valence-electron chi connectivity index (χ3n) is 2.69. The van der Waals surface area contributed by atoms with E-state index in [1.54, 1.807) is 18.2 Å². The molecule has 1 atom stereocenters. The van der Waals surface area contributed by atoms with Crippen LogP contribution in [0.4, 0.5) is 5.69 Å². The van der Waals surface area contributed by atoms with Gasteiger partial charge in [-0.15, -0.1) is 11.6 Å². The van der Waals surface area contributed by atoms with Crippen LogP contribution in [0.15, 0.2) is 30.5 Å². The van der Waals surface area contributed by atoms with Gasteiger partial charge in [-0.2, -0.15) is 0 Å². The van der Waals surface area contributed by atoms with Gasteiger partial charge in [0.15, 0.2) is 5.52 Å². The summed E-state index contributed by atoms with van der Waals surface area (Å²) >= 11 is 5.72. The van der Waals surface area contributed by atoms with E-state index in [2.05, 4.69) is 4.98 Å². The lowest BCUT2D eigenvalue weighted by atomic mass is 10.1.